The highest BCUT2D eigenvalue weighted by molar-refractivity contribution is 7.98. The van der Waals surface area contributed by atoms with Gasteiger partial charge in [-0.1, -0.05) is 24.4 Å². The molecule has 1 heterocycles. The van der Waals surface area contributed by atoms with Crippen molar-refractivity contribution < 1.29 is 0 Å². The van der Waals surface area contributed by atoms with Crippen LogP contribution < -0.4 is 0 Å². The third-order valence-corrected chi connectivity index (χ3v) is 4.47. The van der Waals surface area contributed by atoms with Crippen molar-refractivity contribution in [1.82, 2.24) is 9.55 Å². The molecular formula is C14H19ClN2S2. The minimum atomic E-state index is 0.759. The molecule has 1 N–H and O–H groups in total. The summed E-state index contributed by atoms with van der Waals surface area (Å²) >= 11 is 13.4. The van der Waals surface area contributed by atoms with Crippen molar-refractivity contribution in [2.75, 3.05) is 12.0 Å². The number of benzene rings is 1. The Kier molecular flexibility index (Phi) is 5.79. The fourth-order valence-electron chi connectivity index (χ4n) is 2.22. The predicted molar refractivity (Wildman–Crippen MR) is 89.0 cm³/mol. The first-order chi connectivity index (χ1) is 9.22. The Bertz CT molecular complexity index is 589. The van der Waals surface area contributed by atoms with E-state index in [0.717, 1.165) is 27.4 Å². The third-order valence-electron chi connectivity index (χ3n) is 3.22. The van der Waals surface area contributed by atoms with Crippen LogP contribution in [0.5, 0.6) is 0 Å². The maximum Gasteiger partial charge on any atom is 0.178 e. The Balaban J connectivity index is 1.98. The van der Waals surface area contributed by atoms with E-state index in [1.54, 1.807) is 0 Å². The second kappa shape index (κ2) is 7.36. The second-order valence-electron chi connectivity index (χ2n) is 4.65. The first-order valence-electron chi connectivity index (χ1n) is 6.59. The molecule has 0 aliphatic carbocycles. The Hall–Kier alpha value is -0.450. The summed E-state index contributed by atoms with van der Waals surface area (Å²) in [5.74, 6) is 1.27. The van der Waals surface area contributed by atoms with Gasteiger partial charge in [0.2, 0.25) is 0 Å². The molecule has 0 saturated carbocycles. The summed E-state index contributed by atoms with van der Waals surface area (Å²) < 4.78 is 2.95. The highest BCUT2D eigenvalue weighted by Crippen LogP contribution is 2.20. The lowest BCUT2D eigenvalue weighted by atomic mass is 10.2. The van der Waals surface area contributed by atoms with Crippen molar-refractivity contribution in [3.05, 3.63) is 28.0 Å². The number of halogens is 1. The summed E-state index contributed by atoms with van der Waals surface area (Å²) in [6.07, 6.45) is 7.20. The van der Waals surface area contributed by atoms with Gasteiger partial charge in [0.1, 0.15) is 0 Å². The molecule has 19 heavy (non-hydrogen) atoms. The van der Waals surface area contributed by atoms with Crippen molar-refractivity contribution >= 4 is 46.6 Å². The standard InChI is InChI=1S/C14H19ClN2S2/c1-19-9-5-3-2-4-8-17-13-10-11(15)6-7-12(13)16-14(17)18/h6-7,10H,2-5,8-9H2,1H3,(H,16,18). The van der Waals surface area contributed by atoms with E-state index in [1.165, 1.54) is 31.4 Å². The average molecular weight is 315 g/mol. The lowest BCUT2D eigenvalue weighted by molar-refractivity contribution is 0.589. The minimum absolute atomic E-state index is 0.759. The van der Waals surface area contributed by atoms with Crippen LogP contribution in [-0.4, -0.2) is 21.6 Å². The molecule has 104 valence electrons. The molecule has 1 aromatic heterocycles. The summed E-state index contributed by atoms with van der Waals surface area (Å²) in [5.41, 5.74) is 2.18. The Morgan fingerprint density at radius 2 is 2.05 bits per heavy atom. The summed E-state index contributed by atoms with van der Waals surface area (Å²) in [7, 11) is 0. The number of aromatic amines is 1. The van der Waals surface area contributed by atoms with Crippen molar-refractivity contribution in [2.45, 2.75) is 32.2 Å². The van der Waals surface area contributed by atoms with E-state index in [0.29, 0.717) is 0 Å². The molecular weight excluding hydrogens is 296 g/mol. The zero-order valence-corrected chi connectivity index (χ0v) is 13.5. The van der Waals surface area contributed by atoms with Crippen LogP contribution in [0.3, 0.4) is 0 Å². The molecule has 0 unspecified atom stereocenters. The van der Waals surface area contributed by atoms with Gasteiger partial charge < -0.3 is 9.55 Å². The molecule has 0 aliphatic heterocycles. The van der Waals surface area contributed by atoms with E-state index in [9.17, 15) is 0 Å². The van der Waals surface area contributed by atoms with Crippen molar-refractivity contribution in [3.8, 4) is 0 Å². The summed E-state index contributed by atoms with van der Waals surface area (Å²) in [6.45, 7) is 0.971. The van der Waals surface area contributed by atoms with E-state index in [4.69, 9.17) is 23.8 Å². The van der Waals surface area contributed by atoms with Crippen LogP contribution in [0.15, 0.2) is 18.2 Å². The lowest BCUT2D eigenvalue weighted by Gasteiger charge is -2.05. The SMILES string of the molecule is CSCCCCCCn1c(=S)[nH]c2ccc(Cl)cc21. The van der Waals surface area contributed by atoms with Gasteiger partial charge in [-0.05, 0) is 55.3 Å². The maximum atomic E-state index is 6.05. The van der Waals surface area contributed by atoms with Gasteiger partial charge in [0, 0.05) is 11.6 Å². The average Bonchev–Trinajstić information content (AvgIpc) is 2.69. The molecule has 0 aliphatic rings. The van der Waals surface area contributed by atoms with Crippen LogP contribution >= 0.6 is 35.6 Å². The third kappa shape index (κ3) is 4.01. The van der Waals surface area contributed by atoms with Crippen LogP contribution in [-0.2, 0) is 6.54 Å². The lowest BCUT2D eigenvalue weighted by Crippen LogP contribution is -1.98. The quantitative estimate of drug-likeness (QED) is 0.554. The summed E-state index contributed by atoms with van der Waals surface area (Å²) in [5, 5.41) is 0.759. The number of H-pyrrole nitrogens is 1. The normalized spacial score (nSPS) is 11.3. The molecule has 0 bridgehead atoms. The predicted octanol–water partition coefficient (Wildman–Crippen LogP) is 5.28. The molecule has 0 radical (unpaired) electrons. The first kappa shape index (κ1) is 14.9. The number of nitrogens with one attached hydrogen (secondary N) is 1. The smallest absolute Gasteiger partial charge is 0.178 e. The number of fused-ring (bicyclic) bond motifs is 1. The first-order valence-corrected chi connectivity index (χ1v) is 8.77. The van der Waals surface area contributed by atoms with Crippen LogP contribution in [0, 0.1) is 4.77 Å². The van der Waals surface area contributed by atoms with E-state index in [-0.39, 0.29) is 0 Å². The number of unbranched alkanes of at least 4 members (excludes halogenated alkanes) is 3. The van der Waals surface area contributed by atoms with Crippen molar-refractivity contribution in [3.63, 3.8) is 0 Å². The summed E-state index contributed by atoms with van der Waals surface area (Å²) in [4.78, 5) is 3.23. The number of hydrogen-bond donors (Lipinski definition) is 1. The van der Waals surface area contributed by atoms with Crippen LogP contribution in [0.25, 0.3) is 11.0 Å². The Morgan fingerprint density at radius 3 is 2.84 bits per heavy atom. The minimum Gasteiger partial charge on any atom is -0.331 e. The van der Waals surface area contributed by atoms with E-state index in [2.05, 4.69) is 15.8 Å². The molecule has 2 nitrogen and oxygen atoms in total. The molecule has 2 aromatic rings. The van der Waals surface area contributed by atoms with Gasteiger partial charge in [0.05, 0.1) is 11.0 Å². The highest BCUT2D eigenvalue weighted by atomic mass is 35.5. The Morgan fingerprint density at radius 1 is 1.26 bits per heavy atom. The van der Waals surface area contributed by atoms with Gasteiger partial charge in [-0.3, -0.25) is 0 Å². The zero-order chi connectivity index (χ0) is 13.7. The molecule has 1 aromatic carbocycles. The molecule has 0 spiro atoms. The zero-order valence-electron chi connectivity index (χ0n) is 11.1. The molecule has 0 fully saturated rings. The molecule has 0 atom stereocenters. The molecule has 0 amide bonds. The van der Waals surface area contributed by atoms with Gasteiger partial charge in [0.25, 0.3) is 0 Å². The van der Waals surface area contributed by atoms with E-state index < -0.39 is 0 Å². The molecule has 0 saturated heterocycles. The largest absolute Gasteiger partial charge is 0.331 e. The number of nitrogens with zero attached hydrogens (tertiary/aromatic N) is 1. The van der Waals surface area contributed by atoms with Gasteiger partial charge in [-0.25, -0.2) is 0 Å². The number of rotatable bonds is 7. The van der Waals surface area contributed by atoms with Crippen molar-refractivity contribution in [1.29, 1.82) is 0 Å². The summed E-state index contributed by atoms with van der Waals surface area (Å²) in [6, 6.07) is 5.86. The molecule has 5 heteroatoms. The van der Waals surface area contributed by atoms with E-state index >= 15 is 0 Å². The van der Waals surface area contributed by atoms with Gasteiger partial charge >= 0.3 is 0 Å². The fraction of sp³-hybridized carbons (Fsp3) is 0.500. The number of thioether (sulfide) groups is 1. The maximum absolute atomic E-state index is 6.05. The van der Waals surface area contributed by atoms with E-state index in [1.807, 2.05) is 30.0 Å². The van der Waals surface area contributed by atoms with Crippen molar-refractivity contribution in [2.24, 2.45) is 0 Å². The number of aryl methyl sites for hydroxylation is 1. The second-order valence-corrected chi connectivity index (χ2v) is 6.46. The van der Waals surface area contributed by atoms with Crippen LogP contribution in [0.4, 0.5) is 0 Å². The monoisotopic (exact) mass is 314 g/mol. The number of hydrogen-bond acceptors (Lipinski definition) is 2. The Labute approximate surface area is 128 Å². The molecule has 2 rings (SSSR count). The van der Waals surface area contributed by atoms with Crippen LogP contribution in [0.2, 0.25) is 5.02 Å². The number of aromatic nitrogens is 2. The van der Waals surface area contributed by atoms with Gasteiger partial charge in [-0.15, -0.1) is 0 Å². The van der Waals surface area contributed by atoms with Crippen LogP contribution in [0.1, 0.15) is 25.7 Å². The highest BCUT2D eigenvalue weighted by Gasteiger charge is 2.04. The topological polar surface area (TPSA) is 20.7 Å². The fourth-order valence-corrected chi connectivity index (χ4v) is 3.18. The van der Waals surface area contributed by atoms with Gasteiger partial charge in [-0.2, -0.15) is 11.8 Å². The van der Waals surface area contributed by atoms with Gasteiger partial charge in [0.15, 0.2) is 4.77 Å². The number of imidazole rings is 1.